The molecule has 162 valence electrons. The van der Waals surface area contributed by atoms with Crippen molar-refractivity contribution in [1.29, 1.82) is 0 Å². The molecular formula is C24H28IN5O. The molecule has 6 nitrogen and oxygen atoms in total. The smallest absolute Gasteiger partial charge is 0.226 e. The molecule has 0 spiro atoms. The first-order valence-corrected chi connectivity index (χ1v) is 10.3. The van der Waals surface area contributed by atoms with Crippen LogP contribution in [0.4, 0.5) is 0 Å². The Morgan fingerprint density at radius 3 is 2.77 bits per heavy atom. The van der Waals surface area contributed by atoms with E-state index in [0.29, 0.717) is 12.4 Å². The van der Waals surface area contributed by atoms with Crippen molar-refractivity contribution >= 4 is 40.8 Å². The van der Waals surface area contributed by atoms with E-state index in [1.165, 1.54) is 22.0 Å². The molecule has 31 heavy (non-hydrogen) atoms. The molecule has 0 bridgehead atoms. The maximum absolute atomic E-state index is 5.60. The van der Waals surface area contributed by atoms with Gasteiger partial charge in [0.1, 0.15) is 12.0 Å². The van der Waals surface area contributed by atoms with Crippen molar-refractivity contribution in [1.82, 2.24) is 20.6 Å². The van der Waals surface area contributed by atoms with Crippen molar-refractivity contribution in [3.05, 3.63) is 77.8 Å². The first kappa shape index (κ1) is 22.9. The van der Waals surface area contributed by atoms with Crippen LogP contribution in [0.15, 0.2) is 70.4 Å². The minimum absolute atomic E-state index is 0. The Bertz CT molecular complexity index is 1130. The van der Waals surface area contributed by atoms with Gasteiger partial charge in [-0.3, -0.25) is 0 Å². The molecule has 0 aliphatic heterocycles. The molecule has 0 aliphatic rings. The molecular weight excluding hydrogens is 501 g/mol. The summed E-state index contributed by atoms with van der Waals surface area (Å²) in [6, 6.07) is 16.4. The first-order chi connectivity index (χ1) is 14.7. The number of benzene rings is 2. The van der Waals surface area contributed by atoms with E-state index in [1.54, 1.807) is 6.26 Å². The molecule has 0 atom stereocenters. The van der Waals surface area contributed by atoms with E-state index in [1.807, 2.05) is 30.3 Å². The zero-order valence-electron chi connectivity index (χ0n) is 17.8. The number of oxazole rings is 1. The molecule has 2 aromatic heterocycles. The van der Waals surface area contributed by atoms with Gasteiger partial charge >= 0.3 is 0 Å². The molecule has 3 N–H and O–H groups in total. The number of hydrogen-bond acceptors (Lipinski definition) is 3. The van der Waals surface area contributed by atoms with Gasteiger partial charge in [-0.2, -0.15) is 0 Å². The molecule has 2 heterocycles. The predicted octanol–water partition coefficient (Wildman–Crippen LogP) is 5.05. The zero-order chi connectivity index (χ0) is 20.8. The van der Waals surface area contributed by atoms with Crippen molar-refractivity contribution in [3.8, 4) is 11.5 Å². The molecule has 4 aromatic rings. The van der Waals surface area contributed by atoms with Crippen molar-refractivity contribution in [3.63, 3.8) is 0 Å². The summed E-state index contributed by atoms with van der Waals surface area (Å²) in [5.74, 6) is 1.39. The fourth-order valence-electron chi connectivity index (χ4n) is 3.42. The molecule has 0 radical (unpaired) electrons. The summed E-state index contributed by atoms with van der Waals surface area (Å²) in [6.07, 6.45) is 4.68. The van der Waals surface area contributed by atoms with Gasteiger partial charge < -0.3 is 20.0 Å². The molecule has 0 amide bonds. The summed E-state index contributed by atoms with van der Waals surface area (Å²) in [7, 11) is 0. The molecule has 7 heteroatoms. The van der Waals surface area contributed by atoms with Crippen LogP contribution in [0.5, 0.6) is 0 Å². The van der Waals surface area contributed by atoms with Crippen molar-refractivity contribution in [2.24, 2.45) is 4.99 Å². The van der Waals surface area contributed by atoms with Gasteiger partial charge in [-0.25, -0.2) is 9.98 Å². The molecule has 0 saturated heterocycles. The summed E-state index contributed by atoms with van der Waals surface area (Å²) < 4.78 is 5.60. The quantitative estimate of drug-likeness (QED) is 0.178. The second kappa shape index (κ2) is 11.0. The number of H-pyrrole nitrogens is 1. The lowest BCUT2D eigenvalue weighted by Crippen LogP contribution is -2.38. The highest BCUT2D eigenvalue weighted by molar-refractivity contribution is 14.0. The van der Waals surface area contributed by atoms with Crippen molar-refractivity contribution in [2.75, 3.05) is 13.1 Å². The summed E-state index contributed by atoms with van der Waals surface area (Å²) in [5.41, 5.74) is 5.52. The van der Waals surface area contributed by atoms with Gasteiger partial charge in [-0.05, 0) is 49.6 Å². The number of hydrogen-bond donors (Lipinski definition) is 3. The lowest BCUT2D eigenvalue weighted by molar-refractivity contribution is 0.572. The van der Waals surface area contributed by atoms with Crippen LogP contribution in [0.3, 0.4) is 0 Å². The van der Waals surface area contributed by atoms with Crippen LogP contribution in [-0.4, -0.2) is 29.0 Å². The summed E-state index contributed by atoms with van der Waals surface area (Å²) >= 11 is 0. The monoisotopic (exact) mass is 529 g/mol. The average Bonchev–Trinajstić information content (AvgIpc) is 3.40. The molecule has 2 aromatic carbocycles. The Balaban J connectivity index is 0.00000272. The largest absolute Gasteiger partial charge is 0.444 e. The third kappa shape index (κ3) is 5.88. The van der Waals surface area contributed by atoms with Gasteiger partial charge in [-0.1, -0.05) is 30.3 Å². The third-order valence-electron chi connectivity index (χ3n) is 4.93. The number of nitrogens with one attached hydrogen (secondary N) is 3. The minimum Gasteiger partial charge on any atom is -0.444 e. The van der Waals surface area contributed by atoms with E-state index in [4.69, 9.17) is 4.42 Å². The Morgan fingerprint density at radius 1 is 1.13 bits per heavy atom. The van der Waals surface area contributed by atoms with E-state index < -0.39 is 0 Å². The third-order valence-corrected chi connectivity index (χ3v) is 4.93. The Hall–Kier alpha value is -2.81. The van der Waals surface area contributed by atoms with Gasteiger partial charge in [-0.15, -0.1) is 24.0 Å². The summed E-state index contributed by atoms with van der Waals surface area (Å²) in [5, 5.41) is 7.98. The number of fused-ring (bicyclic) bond motifs is 1. The van der Waals surface area contributed by atoms with Crippen LogP contribution < -0.4 is 10.6 Å². The van der Waals surface area contributed by atoms with E-state index in [2.05, 4.69) is 63.8 Å². The zero-order valence-corrected chi connectivity index (χ0v) is 20.1. The molecule has 0 saturated carbocycles. The highest BCUT2D eigenvalue weighted by Gasteiger charge is 2.07. The van der Waals surface area contributed by atoms with Crippen LogP contribution in [0.25, 0.3) is 22.4 Å². The van der Waals surface area contributed by atoms with E-state index in [9.17, 15) is 0 Å². The number of aromatic amines is 1. The number of aromatic nitrogens is 2. The van der Waals surface area contributed by atoms with Crippen LogP contribution in [0, 0.1) is 6.92 Å². The molecule has 0 aliphatic carbocycles. The highest BCUT2D eigenvalue weighted by Crippen LogP contribution is 2.20. The normalized spacial score (nSPS) is 11.4. The second-order valence-electron chi connectivity index (χ2n) is 7.24. The van der Waals surface area contributed by atoms with Gasteiger partial charge in [0.25, 0.3) is 0 Å². The van der Waals surface area contributed by atoms with Gasteiger partial charge in [0, 0.05) is 35.8 Å². The standard InChI is InChI=1S/C24H27N5O.HI/c1-3-25-24(26-12-11-19-14-27-22-13-17(2)9-10-21(19)22)28-15-20-16-30-23(29-20)18-7-5-4-6-8-18;/h4-10,13-14,16,27H,3,11-12,15H2,1-2H3,(H2,25,26,28);1H. The van der Waals surface area contributed by atoms with Gasteiger partial charge in [0.2, 0.25) is 5.89 Å². The predicted molar refractivity (Wildman–Crippen MR) is 137 cm³/mol. The van der Waals surface area contributed by atoms with Crippen LogP contribution in [0.2, 0.25) is 0 Å². The van der Waals surface area contributed by atoms with E-state index in [0.717, 1.165) is 36.7 Å². The Morgan fingerprint density at radius 2 is 1.97 bits per heavy atom. The van der Waals surface area contributed by atoms with Crippen LogP contribution in [0.1, 0.15) is 23.7 Å². The number of aryl methyl sites for hydroxylation is 1. The lowest BCUT2D eigenvalue weighted by atomic mass is 10.1. The fourth-order valence-corrected chi connectivity index (χ4v) is 3.42. The van der Waals surface area contributed by atoms with Gasteiger partial charge in [0.05, 0.1) is 6.54 Å². The SMILES string of the molecule is CCNC(=NCc1coc(-c2ccccc2)n1)NCCc1c[nH]c2cc(C)ccc12.I. The maximum atomic E-state index is 5.60. The van der Waals surface area contributed by atoms with Crippen LogP contribution in [-0.2, 0) is 13.0 Å². The number of rotatable bonds is 7. The summed E-state index contributed by atoms with van der Waals surface area (Å²) in [6.45, 7) is 6.21. The number of halogens is 1. The number of nitrogens with zero attached hydrogens (tertiary/aromatic N) is 2. The highest BCUT2D eigenvalue weighted by atomic mass is 127. The minimum atomic E-state index is 0. The number of guanidine groups is 1. The Kier molecular flexibility index (Phi) is 8.11. The molecule has 4 rings (SSSR count). The van der Waals surface area contributed by atoms with Gasteiger partial charge in [0.15, 0.2) is 5.96 Å². The molecule has 0 fully saturated rings. The fraction of sp³-hybridized carbons (Fsp3) is 0.250. The number of aliphatic imine (C=N–C) groups is 1. The average molecular weight is 529 g/mol. The summed E-state index contributed by atoms with van der Waals surface area (Å²) in [4.78, 5) is 12.6. The van der Waals surface area contributed by atoms with Crippen molar-refractivity contribution in [2.45, 2.75) is 26.8 Å². The van der Waals surface area contributed by atoms with E-state index in [-0.39, 0.29) is 24.0 Å². The van der Waals surface area contributed by atoms with E-state index >= 15 is 0 Å². The first-order valence-electron chi connectivity index (χ1n) is 10.3. The topological polar surface area (TPSA) is 78.2 Å². The maximum Gasteiger partial charge on any atom is 0.226 e. The second-order valence-corrected chi connectivity index (χ2v) is 7.24. The molecule has 0 unspecified atom stereocenters. The lowest BCUT2D eigenvalue weighted by Gasteiger charge is -2.10. The van der Waals surface area contributed by atoms with Crippen molar-refractivity contribution < 1.29 is 4.42 Å². The Labute approximate surface area is 199 Å². The van der Waals surface area contributed by atoms with Crippen LogP contribution >= 0.6 is 24.0 Å².